The molecule has 4 atom stereocenters. The van der Waals surface area contributed by atoms with E-state index in [-0.39, 0.29) is 18.3 Å². The van der Waals surface area contributed by atoms with Crippen molar-refractivity contribution >= 4 is 17.0 Å². The number of hydrogen-bond acceptors (Lipinski definition) is 8. The summed E-state index contributed by atoms with van der Waals surface area (Å²) in [7, 11) is 0. The van der Waals surface area contributed by atoms with Gasteiger partial charge < -0.3 is 25.4 Å². The molecule has 1 aromatic carbocycles. The van der Waals surface area contributed by atoms with E-state index in [1.807, 2.05) is 44.2 Å². The van der Waals surface area contributed by atoms with Crippen LogP contribution >= 0.6 is 0 Å². The van der Waals surface area contributed by atoms with Crippen molar-refractivity contribution in [1.82, 2.24) is 19.5 Å². The zero-order valence-electron chi connectivity index (χ0n) is 15.6. The summed E-state index contributed by atoms with van der Waals surface area (Å²) in [4.78, 5) is 13.0. The van der Waals surface area contributed by atoms with Crippen molar-refractivity contribution in [1.29, 1.82) is 0 Å². The summed E-state index contributed by atoms with van der Waals surface area (Å²) in [6.45, 7) is 4.02. The molecule has 3 aromatic rings. The van der Waals surface area contributed by atoms with Crippen LogP contribution in [-0.4, -0.2) is 54.7 Å². The van der Waals surface area contributed by atoms with Gasteiger partial charge in [0.15, 0.2) is 17.7 Å². The number of nitrogens with zero attached hydrogens (tertiary/aromatic N) is 4. The lowest BCUT2D eigenvalue weighted by Crippen LogP contribution is -2.34. The van der Waals surface area contributed by atoms with Crippen LogP contribution in [0.5, 0.6) is 5.75 Å². The molecule has 28 heavy (non-hydrogen) atoms. The van der Waals surface area contributed by atoms with E-state index in [9.17, 15) is 10.2 Å². The molecule has 2 aromatic heterocycles. The van der Waals surface area contributed by atoms with Crippen molar-refractivity contribution < 1.29 is 19.7 Å². The van der Waals surface area contributed by atoms with E-state index in [1.165, 1.54) is 6.33 Å². The number of nitrogen functional groups attached to an aromatic ring is 1. The number of nitrogens with two attached hydrogens (primary N) is 1. The lowest BCUT2D eigenvalue weighted by Gasteiger charge is -2.17. The highest BCUT2D eigenvalue weighted by atomic mass is 16.6. The third kappa shape index (κ3) is 3.28. The first-order chi connectivity index (χ1) is 13.5. The van der Waals surface area contributed by atoms with Gasteiger partial charge in [-0.3, -0.25) is 4.57 Å². The highest BCUT2D eigenvalue weighted by Gasteiger charge is 2.44. The number of para-hydroxylation sites is 1. The number of aliphatic hydroxyl groups excluding tert-OH is 2. The molecule has 0 bridgehead atoms. The number of rotatable bonds is 5. The fourth-order valence-corrected chi connectivity index (χ4v) is 3.19. The summed E-state index contributed by atoms with van der Waals surface area (Å²) in [6, 6.07) is 9.22. The molecule has 1 saturated heterocycles. The molecule has 0 saturated carbocycles. The first-order valence-electron chi connectivity index (χ1n) is 9.15. The predicted octanol–water partition coefficient (Wildman–Crippen LogP) is 1.23. The maximum absolute atomic E-state index is 10.6. The molecule has 0 radical (unpaired) electrons. The van der Waals surface area contributed by atoms with Crippen molar-refractivity contribution in [3.05, 3.63) is 42.5 Å². The van der Waals surface area contributed by atoms with Gasteiger partial charge in [0, 0.05) is 5.92 Å². The van der Waals surface area contributed by atoms with E-state index in [2.05, 4.69) is 15.0 Å². The molecule has 9 heteroatoms. The van der Waals surface area contributed by atoms with E-state index >= 15 is 0 Å². The maximum atomic E-state index is 10.6. The number of imidazole rings is 1. The molecule has 0 unspecified atom stereocenters. The second-order valence-corrected chi connectivity index (χ2v) is 7.12. The molecule has 1 fully saturated rings. The minimum Gasteiger partial charge on any atom is -0.491 e. The SMILES string of the molecule is CC(C)c1nc(N)c2ncn([C@@H]3O[C@H](COc4ccccc4)[C@@H](O)[C@H]3O)c2n1. The summed E-state index contributed by atoms with van der Waals surface area (Å²) < 4.78 is 13.1. The van der Waals surface area contributed by atoms with Gasteiger partial charge in [0.25, 0.3) is 0 Å². The third-order valence-electron chi connectivity index (χ3n) is 4.75. The molecular weight excluding hydrogens is 362 g/mol. The van der Waals surface area contributed by atoms with Gasteiger partial charge in [0.1, 0.15) is 42.0 Å². The van der Waals surface area contributed by atoms with Crippen molar-refractivity contribution in [3.8, 4) is 5.75 Å². The van der Waals surface area contributed by atoms with Crippen molar-refractivity contribution in [3.63, 3.8) is 0 Å². The average Bonchev–Trinajstić information content (AvgIpc) is 3.23. The number of fused-ring (bicyclic) bond motifs is 1. The average molecular weight is 385 g/mol. The van der Waals surface area contributed by atoms with Gasteiger partial charge in [-0.2, -0.15) is 0 Å². The second-order valence-electron chi connectivity index (χ2n) is 7.12. The second kappa shape index (κ2) is 7.34. The Bertz CT molecular complexity index is 962. The standard InChI is InChI=1S/C19H23N5O4/c1-10(2)17-22-16(20)13-18(23-17)24(9-21-13)19-15(26)14(25)12(28-19)8-27-11-6-4-3-5-7-11/h3-7,9-10,12,14-15,19,25-26H,8H2,1-2H3,(H2,20,22,23)/t12-,14-,15-,19-/m1/s1. The lowest BCUT2D eigenvalue weighted by molar-refractivity contribution is -0.0474. The number of hydrogen-bond donors (Lipinski definition) is 3. The quantitative estimate of drug-likeness (QED) is 0.598. The molecule has 1 aliphatic heterocycles. The molecule has 0 amide bonds. The summed E-state index contributed by atoms with van der Waals surface area (Å²) >= 11 is 0. The fraction of sp³-hybridized carbons (Fsp3) is 0.421. The lowest BCUT2D eigenvalue weighted by atomic mass is 10.1. The minimum absolute atomic E-state index is 0.0714. The minimum atomic E-state index is -1.17. The van der Waals surface area contributed by atoms with Crippen molar-refractivity contribution in [2.45, 2.75) is 44.3 Å². The number of aliphatic hydroxyl groups is 2. The van der Waals surface area contributed by atoms with Crippen LogP contribution in [0.4, 0.5) is 5.82 Å². The van der Waals surface area contributed by atoms with Gasteiger partial charge in [-0.1, -0.05) is 32.0 Å². The first-order valence-corrected chi connectivity index (χ1v) is 9.15. The van der Waals surface area contributed by atoms with Crippen LogP contribution in [-0.2, 0) is 4.74 Å². The topological polar surface area (TPSA) is 129 Å². The van der Waals surface area contributed by atoms with E-state index in [0.717, 1.165) is 0 Å². The first kappa shape index (κ1) is 18.6. The Balaban J connectivity index is 1.59. The van der Waals surface area contributed by atoms with E-state index in [4.69, 9.17) is 15.2 Å². The summed E-state index contributed by atoms with van der Waals surface area (Å²) in [5.74, 6) is 1.57. The number of anilines is 1. The highest BCUT2D eigenvalue weighted by Crippen LogP contribution is 2.33. The van der Waals surface area contributed by atoms with E-state index < -0.39 is 24.5 Å². The Morgan fingerprint density at radius 2 is 1.93 bits per heavy atom. The van der Waals surface area contributed by atoms with E-state index in [0.29, 0.717) is 22.7 Å². The van der Waals surface area contributed by atoms with Gasteiger partial charge in [-0.15, -0.1) is 0 Å². The summed E-state index contributed by atoms with van der Waals surface area (Å²) in [6.07, 6.45) is -2.36. The van der Waals surface area contributed by atoms with Gasteiger partial charge in [-0.05, 0) is 12.1 Å². The van der Waals surface area contributed by atoms with Crippen LogP contribution in [0.15, 0.2) is 36.7 Å². The number of aromatic nitrogens is 4. The normalized spacial score (nSPS) is 24.9. The molecule has 9 nitrogen and oxygen atoms in total. The van der Waals surface area contributed by atoms with Crippen LogP contribution in [0, 0.1) is 0 Å². The molecule has 0 spiro atoms. The largest absolute Gasteiger partial charge is 0.491 e. The third-order valence-corrected chi connectivity index (χ3v) is 4.75. The Hall–Kier alpha value is -2.75. The zero-order chi connectivity index (χ0) is 19.8. The van der Waals surface area contributed by atoms with E-state index in [1.54, 1.807) is 4.57 Å². The van der Waals surface area contributed by atoms with Crippen molar-refractivity contribution in [2.75, 3.05) is 12.3 Å². The number of benzene rings is 1. The molecule has 4 N–H and O–H groups in total. The Kier molecular flexibility index (Phi) is 4.88. The number of ether oxygens (including phenoxy) is 2. The van der Waals surface area contributed by atoms with Gasteiger partial charge in [0.05, 0.1) is 6.33 Å². The molecule has 1 aliphatic rings. The molecule has 4 rings (SSSR count). The Labute approximate surface area is 161 Å². The predicted molar refractivity (Wildman–Crippen MR) is 102 cm³/mol. The monoisotopic (exact) mass is 385 g/mol. The zero-order valence-corrected chi connectivity index (χ0v) is 15.6. The van der Waals surface area contributed by atoms with Gasteiger partial charge >= 0.3 is 0 Å². The van der Waals surface area contributed by atoms with Crippen molar-refractivity contribution in [2.24, 2.45) is 0 Å². The smallest absolute Gasteiger partial charge is 0.167 e. The molecule has 3 heterocycles. The maximum Gasteiger partial charge on any atom is 0.167 e. The fourth-order valence-electron chi connectivity index (χ4n) is 3.19. The van der Waals surface area contributed by atoms with Crippen LogP contribution in [0.1, 0.15) is 31.8 Å². The molecule has 148 valence electrons. The van der Waals surface area contributed by atoms with Gasteiger partial charge in [-0.25, -0.2) is 15.0 Å². The van der Waals surface area contributed by atoms with Crippen LogP contribution in [0.2, 0.25) is 0 Å². The van der Waals surface area contributed by atoms with Crippen LogP contribution < -0.4 is 10.5 Å². The van der Waals surface area contributed by atoms with Crippen LogP contribution in [0.3, 0.4) is 0 Å². The highest BCUT2D eigenvalue weighted by molar-refractivity contribution is 5.81. The van der Waals surface area contributed by atoms with Crippen LogP contribution in [0.25, 0.3) is 11.2 Å². The Morgan fingerprint density at radius 3 is 2.64 bits per heavy atom. The summed E-state index contributed by atoms with van der Waals surface area (Å²) in [5.41, 5.74) is 6.89. The van der Waals surface area contributed by atoms with Gasteiger partial charge in [0.2, 0.25) is 0 Å². The summed E-state index contributed by atoms with van der Waals surface area (Å²) in [5, 5.41) is 21.0. The molecule has 0 aliphatic carbocycles. The molecular formula is C19H23N5O4. The Morgan fingerprint density at radius 1 is 1.18 bits per heavy atom.